The third-order valence-electron chi connectivity index (χ3n) is 3.89. The molecule has 5 N–H and O–H groups in total. The van der Waals surface area contributed by atoms with E-state index in [2.05, 4.69) is 11.1 Å². The molecule has 0 aliphatic carbocycles. The average molecular weight is 441 g/mol. The van der Waals surface area contributed by atoms with Crippen molar-refractivity contribution in [3.05, 3.63) is 0 Å². The van der Waals surface area contributed by atoms with Gasteiger partial charge in [-0.1, -0.05) is 64.7 Å². The molecule has 0 radical (unpaired) electrons. The van der Waals surface area contributed by atoms with Crippen molar-refractivity contribution in [3.8, 4) is 0 Å². The Morgan fingerprint density at radius 1 is 0.786 bits per heavy atom. The van der Waals surface area contributed by atoms with E-state index in [9.17, 15) is 13.0 Å². The molecule has 11 heteroatoms. The Kier molecular flexibility index (Phi) is 26.6. The fourth-order valence-electron chi connectivity index (χ4n) is 2.22. The first-order valence-electron chi connectivity index (χ1n) is 9.55. The van der Waals surface area contributed by atoms with Crippen LogP contribution in [0.4, 0.5) is 0 Å². The van der Waals surface area contributed by atoms with Gasteiger partial charge in [0.25, 0.3) is 0 Å². The molecule has 0 amide bonds. The SMILES string of the molecule is CCCCCCCCCCCCOS(=O)(=O)[O-].OC[C@@H](O)C(O)[C@@H](O)CO.[Na+]. The predicted molar refractivity (Wildman–Crippen MR) is 99.7 cm³/mol. The van der Waals surface area contributed by atoms with Crippen LogP contribution in [0, 0.1) is 0 Å². The summed E-state index contributed by atoms with van der Waals surface area (Å²) < 4.78 is 34.5. The average Bonchev–Trinajstić information content (AvgIpc) is 2.63. The van der Waals surface area contributed by atoms with Gasteiger partial charge < -0.3 is 30.1 Å². The van der Waals surface area contributed by atoms with Gasteiger partial charge in [0.05, 0.1) is 19.8 Å². The van der Waals surface area contributed by atoms with Crippen molar-refractivity contribution < 1.29 is 72.2 Å². The van der Waals surface area contributed by atoms with Crippen LogP contribution < -0.4 is 29.6 Å². The minimum absolute atomic E-state index is 0. The number of hydrogen-bond acceptors (Lipinski definition) is 9. The van der Waals surface area contributed by atoms with E-state index in [1.54, 1.807) is 0 Å². The van der Waals surface area contributed by atoms with Crippen molar-refractivity contribution in [2.75, 3.05) is 19.8 Å². The normalized spacial score (nSPS) is 14.4. The molecule has 0 aromatic rings. The zero-order chi connectivity index (χ0) is 21.1. The number of unbranched alkanes of at least 4 members (excludes halogenated alkanes) is 9. The second kappa shape index (κ2) is 22.4. The van der Waals surface area contributed by atoms with Crippen LogP contribution in [0.15, 0.2) is 0 Å². The maximum atomic E-state index is 10.1. The van der Waals surface area contributed by atoms with E-state index in [0.29, 0.717) is 6.42 Å². The Bertz CT molecular complexity index is 399. The van der Waals surface area contributed by atoms with Gasteiger partial charge in [0.1, 0.15) is 18.3 Å². The van der Waals surface area contributed by atoms with E-state index < -0.39 is 41.9 Å². The number of aliphatic hydroxyl groups is 5. The number of aliphatic hydroxyl groups excluding tert-OH is 5. The Morgan fingerprint density at radius 3 is 1.46 bits per heavy atom. The third kappa shape index (κ3) is 24.7. The predicted octanol–water partition coefficient (Wildman–Crippen LogP) is -2.56. The zero-order valence-corrected chi connectivity index (χ0v) is 20.0. The molecule has 28 heavy (non-hydrogen) atoms. The molecule has 1 unspecified atom stereocenters. The monoisotopic (exact) mass is 440 g/mol. The van der Waals surface area contributed by atoms with E-state index in [0.717, 1.165) is 12.8 Å². The van der Waals surface area contributed by atoms with Crippen molar-refractivity contribution in [1.82, 2.24) is 0 Å². The quantitative estimate of drug-likeness (QED) is 0.0750. The van der Waals surface area contributed by atoms with Crippen LogP contribution in [0.5, 0.6) is 0 Å². The molecule has 0 aliphatic rings. The summed E-state index contributed by atoms with van der Waals surface area (Å²) in [5.41, 5.74) is 0. The molecule has 0 saturated carbocycles. The fraction of sp³-hybridized carbons (Fsp3) is 1.00. The van der Waals surface area contributed by atoms with Crippen LogP contribution >= 0.6 is 0 Å². The van der Waals surface area contributed by atoms with Crippen LogP contribution in [0.25, 0.3) is 0 Å². The molecule has 0 bridgehead atoms. The summed E-state index contributed by atoms with van der Waals surface area (Å²) in [5.74, 6) is 0. The molecule has 0 rings (SSSR count). The maximum Gasteiger partial charge on any atom is 1.00 e. The van der Waals surface area contributed by atoms with E-state index in [4.69, 9.17) is 25.5 Å². The summed E-state index contributed by atoms with van der Waals surface area (Å²) in [6.45, 7) is 0.961. The van der Waals surface area contributed by atoms with Crippen molar-refractivity contribution in [3.63, 3.8) is 0 Å². The van der Waals surface area contributed by atoms with Crippen molar-refractivity contribution in [1.29, 1.82) is 0 Å². The Hall–Kier alpha value is 0.670. The smallest absolute Gasteiger partial charge is 0.726 e. The Balaban J connectivity index is -0.000000489. The van der Waals surface area contributed by atoms with Crippen LogP contribution in [0.1, 0.15) is 71.1 Å². The molecular formula is C17H37NaO9S. The van der Waals surface area contributed by atoms with Gasteiger partial charge in [-0.2, -0.15) is 0 Å². The Morgan fingerprint density at radius 2 is 1.14 bits per heavy atom. The zero-order valence-electron chi connectivity index (χ0n) is 17.2. The summed E-state index contributed by atoms with van der Waals surface area (Å²) in [4.78, 5) is 0. The molecule has 9 nitrogen and oxygen atoms in total. The van der Waals surface area contributed by atoms with Crippen LogP contribution in [-0.4, -0.2) is 76.6 Å². The van der Waals surface area contributed by atoms with Crippen LogP contribution in [0.3, 0.4) is 0 Å². The summed E-state index contributed by atoms with van der Waals surface area (Å²) in [5, 5.41) is 42.6. The van der Waals surface area contributed by atoms with Gasteiger partial charge in [-0.25, -0.2) is 8.42 Å². The summed E-state index contributed by atoms with van der Waals surface area (Å²) >= 11 is 0. The van der Waals surface area contributed by atoms with Crippen molar-refractivity contribution >= 4 is 10.4 Å². The fourth-order valence-corrected chi connectivity index (χ4v) is 2.54. The molecule has 166 valence electrons. The van der Waals surface area contributed by atoms with Gasteiger partial charge in [0.2, 0.25) is 10.4 Å². The Labute approximate surface area is 191 Å². The molecule has 0 heterocycles. The molecule has 0 fully saturated rings. The van der Waals surface area contributed by atoms with E-state index in [1.165, 1.54) is 44.9 Å². The molecular weight excluding hydrogens is 403 g/mol. The van der Waals surface area contributed by atoms with Gasteiger partial charge in [0, 0.05) is 0 Å². The molecule has 3 atom stereocenters. The third-order valence-corrected chi connectivity index (χ3v) is 4.34. The minimum Gasteiger partial charge on any atom is -0.726 e. The molecule has 0 spiro atoms. The van der Waals surface area contributed by atoms with Crippen LogP contribution in [0.2, 0.25) is 0 Å². The van der Waals surface area contributed by atoms with Crippen molar-refractivity contribution in [2.45, 2.75) is 89.4 Å². The molecule has 0 aliphatic heterocycles. The van der Waals surface area contributed by atoms with E-state index in [1.807, 2.05) is 0 Å². The molecule has 0 aromatic heterocycles. The summed E-state index contributed by atoms with van der Waals surface area (Å²) in [6, 6.07) is 0. The summed E-state index contributed by atoms with van der Waals surface area (Å²) in [7, 11) is -4.48. The maximum absolute atomic E-state index is 10.1. The van der Waals surface area contributed by atoms with E-state index in [-0.39, 0.29) is 36.2 Å². The standard InChI is InChI=1S/C12H26O4S.C5H12O5.Na/c1-2-3-4-5-6-7-8-9-10-11-12-16-17(13,14)15;6-1-3(8)5(10)4(9)2-7;/h2-12H2,1H3,(H,13,14,15);3-10H,1-2H2;/q;;+1/p-1/t;3-,4+,5?;. The van der Waals surface area contributed by atoms with Crippen molar-refractivity contribution in [2.24, 2.45) is 0 Å². The summed E-state index contributed by atoms with van der Waals surface area (Å²) in [6.07, 6.45) is 7.41. The van der Waals surface area contributed by atoms with Gasteiger partial charge in [0.15, 0.2) is 0 Å². The first-order valence-corrected chi connectivity index (χ1v) is 10.9. The first-order chi connectivity index (χ1) is 12.7. The van der Waals surface area contributed by atoms with Gasteiger partial charge >= 0.3 is 29.6 Å². The largest absolute Gasteiger partial charge is 1.00 e. The number of hydrogen-bond donors (Lipinski definition) is 5. The number of rotatable bonds is 16. The second-order valence-electron chi connectivity index (χ2n) is 6.40. The van der Waals surface area contributed by atoms with Gasteiger partial charge in [-0.3, -0.25) is 4.18 Å². The van der Waals surface area contributed by atoms with E-state index >= 15 is 0 Å². The van der Waals surface area contributed by atoms with Gasteiger partial charge in [-0.05, 0) is 6.42 Å². The molecule has 0 saturated heterocycles. The van der Waals surface area contributed by atoms with Crippen LogP contribution in [-0.2, 0) is 14.6 Å². The topological polar surface area (TPSA) is 168 Å². The second-order valence-corrected chi connectivity index (χ2v) is 7.45. The first kappa shape index (κ1) is 33.3. The molecule has 0 aromatic carbocycles. The van der Waals surface area contributed by atoms with Gasteiger partial charge in [-0.15, -0.1) is 0 Å². The minimum atomic E-state index is -4.48.